The Labute approximate surface area is 468 Å². The molecule has 1 aromatic heterocycles. The van der Waals surface area contributed by atoms with Gasteiger partial charge in [-0.1, -0.05) is 147 Å². The van der Waals surface area contributed by atoms with Gasteiger partial charge in [0.25, 0.3) is 6.71 Å². The van der Waals surface area contributed by atoms with Gasteiger partial charge in [0.2, 0.25) is 0 Å². The highest BCUT2D eigenvalue weighted by atomic mass is 32.1. The molecule has 3 heterocycles. The highest BCUT2D eigenvalue weighted by molar-refractivity contribution is 7.33. The molecule has 0 saturated heterocycles. The largest absolute Gasteiger partial charge is 0.311 e. The third kappa shape index (κ3) is 8.05. The van der Waals surface area contributed by atoms with Crippen molar-refractivity contribution < 1.29 is 0 Å². The lowest BCUT2D eigenvalue weighted by molar-refractivity contribution is 0.332. The summed E-state index contributed by atoms with van der Waals surface area (Å²) in [6.07, 6.45) is 2.37. The van der Waals surface area contributed by atoms with Crippen LogP contribution in [0.25, 0.3) is 21.2 Å². The molecule has 0 atom stereocenters. The fourth-order valence-corrected chi connectivity index (χ4v) is 14.9. The van der Waals surface area contributed by atoms with Gasteiger partial charge in [0, 0.05) is 48.6 Å². The Morgan fingerprint density at radius 2 is 1.01 bits per heavy atom. The van der Waals surface area contributed by atoms with Crippen molar-refractivity contribution in [2.45, 2.75) is 130 Å². The predicted octanol–water partition coefficient (Wildman–Crippen LogP) is 2.30. The smallest absolute Gasteiger partial charge is 0.264 e. The van der Waals surface area contributed by atoms with Gasteiger partial charge in [-0.2, -0.15) is 0 Å². The highest BCUT2D eigenvalue weighted by Crippen LogP contribution is 2.53. The van der Waals surface area contributed by atoms with Crippen molar-refractivity contribution in [2.24, 2.45) is 0 Å². The van der Waals surface area contributed by atoms with E-state index in [4.69, 9.17) is 0 Å². The average molecular weight is 1000 g/mol. The summed E-state index contributed by atoms with van der Waals surface area (Å²) in [6.45, 7) is 31.2. The maximum absolute atomic E-state index is 2.70. The predicted molar refractivity (Wildman–Crippen MR) is 363 cm³/mol. The Bertz CT molecular complexity index is 3730. The molecule has 12 heteroatoms. The van der Waals surface area contributed by atoms with Crippen LogP contribution in [-0.4, -0.2) is 69.5 Å². The van der Waals surface area contributed by atoms with Crippen LogP contribution in [0.3, 0.4) is 0 Å². The minimum absolute atomic E-state index is 0.00530. The second kappa shape index (κ2) is 17.6. The molecule has 0 N–H and O–H groups in total. The molecule has 374 valence electrons. The lowest BCUT2D eigenvalue weighted by Gasteiger charge is -2.45. The Kier molecular flexibility index (Phi) is 12.2. The zero-order valence-electron chi connectivity index (χ0n) is 50.0. The minimum Gasteiger partial charge on any atom is -0.311 e. The van der Waals surface area contributed by atoms with Crippen LogP contribution in [0.4, 0.5) is 34.1 Å². The van der Waals surface area contributed by atoms with Crippen LogP contribution in [0, 0.1) is 6.92 Å². The average Bonchev–Trinajstić information content (AvgIpc) is 3.73. The summed E-state index contributed by atoms with van der Waals surface area (Å²) < 4.78 is 2.82. The Balaban J connectivity index is 1.29. The molecule has 1 aliphatic carbocycles. The number of fused-ring (bicyclic) bond motifs is 7. The van der Waals surface area contributed by atoms with Crippen molar-refractivity contribution >= 4 is 184 Å². The maximum atomic E-state index is 2.70. The van der Waals surface area contributed by atoms with E-state index in [2.05, 4.69) is 271 Å². The van der Waals surface area contributed by atoms with Gasteiger partial charge < -0.3 is 9.80 Å². The van der Waals surface area contributed by atoms with Gasteiger partial charge >= 0.3 is 0 Å². The van der Waals surface area contributed by atoms with Gasteiger partial charge in [0.15, 0.2) is 0 Å². The molecule has 2 aliphatic heterocycles. The molecule has 0 saturated carbocycles. The third-order valence-electron chi connectivity index (χ3n) is 19.5. The van der Waals surface area contributed by atoms with Crippen molar-refractivity contribution in [1.29, 1.82) is 0 Å². The van der Waals surface area contributed by atoms with Gasteiger partial charge in [-0.15, -0.1) is 33.2 Å². The highest BCUT2D eigenvalue weighted by Gasteiger charge is 2.47. The number of rotatable bonds is 5. The van der Waals surface area contributed by atoms with Crippen LogP contribution in [0.15, 0.2) is 97.1 Å². The second-order valence-electron chi connectivity index (χ2n) is 27.7. The molecular weight excluding hydrogens is 926 g/mol. The van der Waals surface area contributed by atoms with E-state index in [1.165, 1.54) is 167 Å². The van der Waals surface area contributed by atoms with E-state index >= 15 is 0 Å². The fourth-order valence-electron chi connectivity index (χ4n) is 13.6. The van der Waals surface area contributed by atoms with E-state index in [0.717, 1.165) is 0 Å². The molecule has 7 aromatic carbocycles. The Morgan fingerprint density at radius 1 is 0.500 bits per heavy atom. The number of hydrogen-bond acceptors (Lipinski definition) is 3. The number of aryl methyl sites for hydroxylation is 1. The molecule has 0 fully saturated rings. The fraction of sp³-hybridized carbons (Fsp3) is 0.312. The van der Waals surface area contributed by atoms with Crippen LogP contribution >= 0.6 is 11.3 Å². The SMILES string of the molecule is Bc1cc(C(C)(C)c2ccc3c(c2)B2c4sc5cc6c(cc5c4N(c4ccc(C(C)(C)C)cc4)c4cc(C)cc(c42)N3c2ccc(C(C)(C)C)cc2-c2c(B)c(B)c(B)c(B)c2B)C(C)(C)CCC6(C)C)cc(B)c1B. The molecule has 0 spiro atoms. The van der Waals surface area contributed by atoms with E-state index in [0.29, 0.717) is 0 Å². The standard InChI is InChI=1S/C64H75B9N2S/c1-32-24-47-57-48(25-32)75(45-20-16-34(61(5,6)7)26-38(45)50-52(68)54(70)56(72)55(71)53(50)69)46-21-17-35(64(12,13)36-27-42(65)51(67)43(66)28-36)29-44(46)73(57)59-58(74(47)37-18-14-33(15-19-37)60(2,3)4)39-30-40-41(31-49(39)76-59)63(10,11)23-22-62(40,8)9/h14-21,24-31H,22-23,65-72H2,1-13H3. The molecule has 0 radical (unpaired) electrons. The zero-order chi connectivity index (χ0) is 54.8. The van der Waals surface area contributed by atoms with Gasteiger partial charge in [-0.3, -0.25) is 0 Å². The summed E-state index contributed by atoms with van der Waals surface area (Å²) in [5.41, 5.74) is 33.5. The van der Waals surface area contributed by atoms with Crippen LogP contribution in [0.2, 0.25) is 0 Å². The number of nitrogens with zero attached hydrogens (tertiary/aromatic N) is 2. The summed E-state index contributed by atoms with van der Waals surface area (Å²) in [7, 11) is 18.5. The normalized spacial score (nSPS) is 15.6. The van der Waals surface area contributed by atoms with Crippen molar-refractivity contribution in [3.63, 3.8) is 0 Å². The zero-order valence-corrected chi connectivity index (χ0v) is 50.8. The summed E-state index contributed by atoms with van der Waals surface area (Å²) in [6, 6.07) is 39.8. The van der Waals surface area contributed by atoms with Crippen molar-refractivity contribution in [1.82, 2.24) is 0 Å². The molecule has 11 rings (SSSR count). The molecule has 8 aromatic rings. The van der Waals surface area contributed by atoms with E-state index in [-0.39, 0.29) is 33.8 Å². The van der Waals surface area contributed by atoms with Gasteiger partial charge in [0.1, 0.15) is 62.8 Å². The monoisotopic (exact) mass is 1000 g/mol. The molecular formula is C64H75B9N2S. The van der Waals surface area contributed by atoms with Gasteiger partial charge in [-0.25, -0.2) is 0 Å². The first-order valence-corrected chi connectivity index (χ1v) is 29.2. The van der Waals surface area contributed by atoms with E-state index < -0.39 is 0 Å². The first-order chi connectivity index (χ1) is 35.4. The van der Waals surface area contributed by atoms with Crippen molar-refractivity contribution in [3.8, 4) is 11.1 Å². The van der Waals surface area contributed by atoms with Crippen molar-refractivity contribution in [3.05, 3.63) is 136 Å². The lowest BCUT2D eigenvalue weighted by atomic mass is 9.36. The second-order valence-corrected chi connectivity index (χ2v) is 28.8. The van der Waals surface area contributed by atoms with E-state index in [1.54, 1.807) is 0 Å². The summed E-state index contributed by atoms with van der Waals surface area (Å²) in [5.74, 6) is 0. The van der Waals surface area contributed by atoms with Gasteiger partial charge in [0.05, 0.1) is 11.4 Å². The van der Waals surface area contributed by atoms with Crippen LogP contribution in [0.5, 0.6) is 0 Å². The maximum Gasteiger partial charge on any atom is 0.264 e. The molecule has 76 heavy (non-hydrogen) atoms. The van der Waals surface area contributed by atoms with Gasteiger partial charge in [-0.05, 0) is 151 Å². The molecule has 0 bridgehead atoms. The lowest BCUT2D eigenvalue weighted by Crippen LogP contribution is -2.60. The van der Waals surface area contributed by atoms with Crippen molar-refractivity contribution in [2.75, 3.05) is 9.80 Å². The molecule has 0 unspecified atom stereocenters. The first kappa shape index (κ1) is 52.7. The number of benzene rings is 7. The topological polar surface area (TPSA) is 6.48 Å². The minimum atomic E-state index is -0.265. The first-order valence-electron chi connectivity index (χ1n) is 28.3. The number of anilines is 6. The summed E-state index contributed by atoms with van der Waals surface area (Å²) in [5, 5.41) is 1.38. The van der Waals surface area contributed by atoms with Crippen LogP contribution in [-0.2, 0) is 27.1 Å². The summed E-state index contributed by atoms with van der Waals surface area (Å²) >= 11 is 2.05. The van der Waals surface area contributed by atoms with Crippen LogP contribution < -0.4 is 69.2 Å². The summed E-state index contributed by atoms with van der Waals surface area (Å²) in [4.78, 5) is 5.39. The van der Waals surface area contributed by atoms with Crippen LogP contribution in [0.1, 0.15) is 135 Å². The number of thiophene rings is 1. The molecule has 0 amide bonds. The van der Waals surface area contributed by atoms with E-state index in [9.17, 15) is 0 Å². The molecule has 2 nitrogen and oxygen atoms in total. The third-order valence-corrected chi connectivity index (χ3v) is 20.7. The van der Waals surface area contributed by atoms with E-state index in [1.807, 2.05) is 0 Å². The number of hydrogen-bond donors (Lipinski definition) is 0. The quantitative estimate of drug-likeness (QED) is 0.245. The Hall–Kier alpha value is -5.32. The Morgan fingerprint density at radius 3 is 1.59 bits per heavy atom. The molecule has 3 aliphatic rings.